The molecule has 2 nitrogen and oxygen atoms in total. The van der Waals surface area contributed by atoms with Crippen LogP contribution in [0.25, 0.3) is 0 Å². The number of hydrogen-bond acceptors (Lipinski definition) is 3. The number of benzene rings is 1. The summed E-state index contributed by atoms with van der Waals surface area (Å²) in [5.74, 6) is -0.266. The maximum absolute atomic E-state index is 13.4. The molecule has 0 saturated heterocycles. The van der Waals surface area contributed by atoms with E-state index in [2.05, 4.69) is 10.3 Å². The number of likely N-dealkylation sites (N-methyl/N-ethyl adjacent to an activating group) is 1. The Morgan fingerprint density at radius 2 is 2.26 bits per heavy atom. The van der Waals surface area contributed by atoms with E-state index in [-0.39, 0.29) is 11.9 Å². The van der Waals surface area contributed by atoms with Gasteiger partial charge >= 0.3 is 0 Å². The summed E-state index contributed by atoms with van der Waals surface area (Å²) in [5.41, 5.74) is 1.80. The van der Waals surface area contributed by atoms with E-state index in [1.165, 1.54) is 12.1 Å². The molecule has 0 amide bonds. The van der Waals surface area contributed by atoms with E-state index >= 15 is 0 Å². The van der Waals surface area contributed by atoms with Crippen molar-refractivity contribution in [2.45, 2.75) is 26.3 Å². The molecule has 1 unspecified atom stereocenters. The standard InChI is InChI=1S/C14H16ClFN2S/c1-3-17-13(7-14-18-9(2)8-19-14)11-6-10(16)4-5-12(11)15/h4-6,8,13,17H,3,7H2,1-2H3. The van der Waals surface area contributed by atoms with Gasteiger partial charge < -0.3 is 5.32 Å². The Balaban J connectivity index is 2.26. The zero-order valence-corrected chi connectivity index (χ0v) is 12.5. The van der Waals surface area contributed by atoms with Gasteiger partial charge in [-0.2, -0.15) is 0 Å². The Morgan fingerprint density at radius 1 is 1.47 bits per heavy atom. The second-order valence-electron chi connectivity index (χ2n) is 4.36. The average Bonchev–Trinajstić information content (AvgIpc) is 2.77. The van der Waals surface area contributed by atoms with Crippen LogP contribution >= 0.6 is 22.9 Å². The van der Waals surface area contributed by atoms with E-state index in [1.54, 1.807) is 17.4 Å². The van der Waals surface area contributed by atoms with Gasteiger partial charge in [0, 0.05) is 28.6 Å². The number of rotatable bonds is 5. The number of nitrogens with one attached hydrogen (secondary N) is 1. The van der Waals surface area contributed by atoms with Gasteiger partial charge in [-0.25, -0.2) is 9.37 Å². The summed E-state index contributed by atoms with van der Waals surface area (Å²) in [4.78, 5) is 4.45. The molecule has 2 rings (SSSR count). The van der Waals surface area contributed by atoms with E-state index in [9.17, 15) is 4.39 Å². The second-order valence-corrected chi connectivity index (χ2v) is 5.71. The monoisotopic (exact) mass is 298 g/mol. The van der Waals surface area contributed by atoms with Crippen molar-refractivity contribution in [3.63, 3.8) is 0 Å². The lowest BCUT2D eigenvalue weighted by Gasteiger charge is -2.18. The molecule has 2 aromatic rings. The minimum absolute atomic E-state index is 0.0150. The van der Waals surface area contributed by atoms with Gasteiger partial charge in [0.25, 0.3) is 0 Å². The van der Waals surface area contributed by atoms with Gasteiger partial charge in [0.1, 0.15) is 5.82 Å². The Bertz CT molecular complexity index is 556. The lowest BCUT2D eigenvalue weighted by atomic mass is 10.0. The zero-order valence-electron chi connectivity index (χ0n) is 10.9. The normalized spacial score (nSPS) is 12.6. The first-order valence-corrected chi connectivity index (χ1v) is 7.45. The van der Waals surface area contributed by atoms with Gasteiger partial charge in [0.05, 0.1) is 5.01 Å². The minimum Gasteiger partial charge on any atom is -0.310 e. The first-order valence-electron chi connectivity index (χ1n) is 6.19. The molecule has 0 aliphatic carbocycles. The third kappa shape index (κ3) is 3.75. The smallest absolute Gasteiger partial charge is 0.123 e. The molecule has 0 fully saturated rings. The number of halogens is 2. The quantitative estimate of drug-likeness (QED) is 0.897. The van der Waals surface area contributed by atoms with Gasteiger partial charge in [-0.1, -0.05) is 18.5 Å². The Labute approximate surface area is 121 Å². The van der Waals surface area contributed by atoms with Gasteiger partial charge in [-0.15, -0.1) is 11.3 Å². The van der Waals surface area contributed by atoms with Crippen LogP contribution in [0, 0.1) is 12.7 Å². The molecule has 1 aromatic heterocycles. The first kappa shape index (κ1) is 14.4. The Kier molecular flexibility index (Phi) is 4.91. The summed E-state index contributed by atoms with van der Waals surface area (Å²) in [6, 6.07) is 4.46. The van der Waals surface area contributed by atoms with Crippen molar-refractivity contribution >= 4 is 22.9 Å². The van der Waals surface area contributed by atoms with Crippen molar-refractivity contribution in [3.05, 3.63) is 50.7 Å². The van der Waals surface area contributed by atoms with Crippen LogP contribution in [0.4, 0.5) is 4.39 Å². The van der Waals surface area contributed by atoms with Gasteiger partial charge in [0.15, 0.2) is 0 Å². The van der Waals surface area contributed by atoms with E-state index < -0.39 is 0 Å². The summed E-state index contributed by atoms with van der Waals surface area (Å²) < 4.78 is 13.4. The van der Waals surface area contributed by atoms with Crippen LogP contribution in [0.2, 0.25) is 5.02 Å². The lowest BCUT2D eigenvalue weighted by molar-refractivity contribution is 0.541. The summed E-state index contributed by atoms with van der Waals surface area (Å²) >= 11 is 7.79. The molecule has 5 heteroatoms. The van der Waals surface area contributed by atoms with Crippen molar-refractivity contribution in [1.29, 1.82) is 0 Å². The number of nitrogens with zero attached hydrogens (tertiary/aromatic N) is 1. The van der Waals surface area contributed by atoms with Crippen molar-refractivity contribution in [1.82, 2.24) is 10.3 Å². The predicted molar refractivity (Wildman–Crippen MR) is 78.4 cm³/mol. The SMILES string of the molecule is CCNC(Cc1nc(C)cs1)c1cc(F)ccc1Cl. The maximum Gasteiger partial charge on any atom is 0.123 e. The van der Waals surface area contributed by atoms with Gasteiger partial charge in [-0.05, 0) is 37.2 Å². The second kappa shape index (κ2) is 6.46. The number of hydrogen-bond donors (Lipinski definition) is 1. The van der Waals surface area contributed by atoms with E-state index in [0.29, 0.717) is 5.02 Å². The molecule has 0 spiro atoms. The van der Waals surface area contributed by atoms with E-state index in [1.807, 2.05) is 19.2 Å². The maximum atomic E-state index is 13.4. The van der Waals surface area contributed by atoms with Crippen LogP contribution in [-0.2, 0) is 6.42 Å². The molecule has 0 aliphatic heterocycles. The van der Waals surface area contributed by atoms with Crippen LogP contribution in [0.5, 0.6) is 0 Å². The Morgan fingerprint density at radius 3 is 2.89 bits per heavy atom. The highest BCUT2D eigenvalue weighted by molar-refractivity contribution is 7.09. The van der Waals surface area contributed by atoms with Crippen LogP contribution in [0.15, 0.2) is 23.6 Å². The highest BCUT2D eigenvalue weighted by Gasteiger charge is 2.16. The zero-order chi connectivity index (χ0) is 13.8. The molecular weight excluding hydrogens is 283 g/mol. The third-order valence-electron chi connectivity index (χ3n) is 2.83. The minimum atomic E-state index is -0.266. The topological polar surface area (TPSA) is 24.9 Å². The molecular formula is C14H16ClFN2S. The van der Waals surface area contributed by atoms with Crippen molar-refractivity contribution in [3.8, 4) is 0 Å². The van der Waals surface area contributed by atoms with Crippen molar-refractivity contribution < 1.29 is 4.39 Å². The summed E-state index contributed by atoms with van der Waals surface area (Å²) in [6.07, 6.45) is 0.718. The van der Waals surface area contributed by atoms with Crippen molar-refractivity contribution in [2.24, 2.45) is 0 Å². The molecule has 1 heterocycles. The largest absolute Gasteiger partial charge is 0.310 e. The number of aryl methyl sites for hydroxylation is 1. The first-order chi connectivity index (χ1) is 9.10. The predicted octanol–water partition coefficient (Wildman–Crippen LogP) is 4.14. The molecule has 1 aromatic carbocycles. The van der Waals surface area contributed by atoms with Crippen LogP contribution in [0.1, 0.15) is 29.2 Å². The molecule has 0 radical (unpaired) electrons. The number of thiazole rings is 1. The highest BCUT2D eigenvalue weighted by Crippen LogP contribution is 2.27. The third-order valence-corrected chi connectivity index (χ3v) is 4.16. The van der Waals surface area contributed by atoms with Crippen molar-refractivity contribution in [2.75, 3.05) is 6.54 Å². The van der Waals surface area contributed by atoms with Crippen LogP contribution in [-0.4, -0.2) is 11.5 Å². The summed E-state index contributed by atoms with van der Waals surface area (Å²) in [6.45, 7) is 4.78. The molecule has 1 N–H and O–H groups in total. The lowest BCUT2D eigenvalue weighted by Crippen LogP contribution is -2.23. The van der Waals surface area contributed by atoms with E-state index in [4.69, 9.17) is 11.6 Å². The van der Waals surface area contributed by atoms with E-state index in [0.717, 1.165) is 29.2 Å². The van der Waals surface area contributed by atoms with Crippen LogP contribution in [0.3, 0.4) is 0 Å². The molecule has 102 valence electrons. The summed E-state index contributed by atoms with van der Waals surface area (Å²) in [5, 5.41) is 6.97. The van der Waals surface area contributed by atoms with Gasteiger partial charge in [-0.3, -0.25) is 0 Å². The van der Waals surface area contributed by atoms with Gasteiger partial charge in [0.2, 0.25) is 0 Å². The Hall–Kier alpha value is -0.970. The average molecular weight is 299 g/mol. The molecule has 1 atom stereocenters. The number of aromatic nitrogens is 1. The molecule has 19 heavy (non-hydrogen) atoms. The fourth-order valence-electron chi connectivity index (χ4n) is 1.99. The summed E-state index contributed by atoms with van der Waals surface area (Å²) in [7, 11) is 0. The molecule has 0 bridgehead atoms. The van der Waals surface area contributed by atoms with Crippen LogP contribution < -0.4 is 5.32 Å². The molecule has 0 aliphatic rings. The fraction of sp³-hybridized carbons (Fsp3) is 0.357. The molecule has 0 saturated carbocycles. The highest BCUT2D eigenvalue weighted by atomic mass is 35.5. The fourth-order valence-corrected chi connectivity index (χ4v) is 3.06.